The number of hydrogen-bond donors (Lipinski definition) is 0. The third-order valence-electron chi connectivity index (χ3n) is 4.53. The lowest BCUT2D eigenvalue weighted by Crippen LogP contribution is -2.18. The van der Waals surface area contributed by atoms with Gasteiger partial charge in [-0.2, -0.15) is 0 Å². The predicted octanol–water partition coefficient (Wildman–Crippen LogP) is 3.42. The molecule has 0 spiro atoms. The van der Waals surface area contributed by atoms with Crippen LogP contribution in [-0.2, 0) is 6.42 Å². The van der Waals surface area contributed by atoms with E-state index in [0.29, 0.717) is 18.0 Å². The molecule has 0 aliphatic carbocycles. The van der Waals surface area contributed by atoms with Crippen LogP contribution in [0.5, 0.6) is 23.0 Å². The Kier molecular flexibility index (Phi) is 4.83. The van der Waals surface area contributed by atoms with Crippen LogP contribution < -0.4 is 18.9 Å². The zero-order valence-corrected chi connectivity index (χ0v) is 15.3. The van der Waals surface area contributed by atoms with Crippen molar-refractivity contribution in [2.75, 3.05) is 35.0 Å². The maximum Gasteiger partial charge on any atom is 0.170 e. The summed E-state index contributed by atoms with van der Waals surface area (Å²) in [6, 6.07) is 7.87. The van der Waals surface area contributed by atoms with Crippen molar-refractivity contribution < 1.29 is 18.9 Å². The summed E-state index contributed by atoms with van der Waals surface area (Å²) >= 11 is 0. The summed E-state index contributed by atoms with van der Waals surface area (Å²) in [4.78, 5) is 4.77. The zero-order chi connectivity index (χ0) is 18.0. The molecule has 2 aromatic rings. The molecule has 0 unspecified atom stereocenters. The largest absolute Gasteiger partial charge is 0.497 e. The van der Waals surface area contributed by atoms with Gasteiger partial charge in [-0.1, -0.05) is 0 Å². The van der Waals surface area contributed by atoms with Gasteiger partial charge >= 0.3 is 0 Å². The van der Waals surface area contributed by atoms with E-state index in [4.69, 9.17) is 23.9 Å². The third kappa shape index (κ3) is 2.80. The van der Waals surface area contributed by atoms with Gasteiger partial charge in [-0.15, -0.1) is 0 Å². The minimum absolute atomic E-state index is 0.682. The smallest absolute Gasteiger partial charge is 0.170 e. The van der Waals surface area contributed by atoms with Crippen molar-refractivity contribution >= 4 is 5.71 Å². The van der Waals surface area contributed by atoms with Gasteiger partial charge in [-0.25, -0.2) is 0 Å². The second-order valence-electron chi connectivity index (χ2n) is 5.79. The van der Waals surface area contributed by atoms with Crippen LogP contribution in [0.4, 0.5) is 0 Å². The molecule has 3 rings (SSSR count). The number of benzene rings is 2. The predicted molar refractivity (Wildman–Crippen MR) is 98.0 cm³/mol. The van der Waals surface area contributed by atoms with Crippen molar-refractivity contribution in [3.05, 3.63) is 46.5 Å². The second kappa shape index (κ2) is 7.05. The highest BCUT2D eigenvalue weighted by atomic mass is 16.5. The number of nitrogens with zero attached hydrogens (tertiary/aromatic N) is 1. The number of aliphatic imine (C=N–C) groups is 1. The first-order valence-corrected chi connectivity index (χ1v) is 8.16. The molecule has 0 atom stereocenters. The Morgan fingerprint density at radius 1 is 0.800 bits per heavy atom. The van der Waals surface area contributed by atoms with Crippen LogP contribution in [0, 0.1) is 6.92 Å². The highest BCUT2D eigenvalue weighted by Gasteiger charge is 2.29. The molecule has 1 heterocycles. The molecule has 0 aromatic heterocycles. The molecule has 25 heavy (non-hydrogen) atoms. The molecule has 0 bridgehead atoms. The molecule has 0 N–H and O–H groups in total. The van der Waals surface area contributed by atoms with Crippen molar-refractivity contribution in [1.82, 2.24) is 0 Å². The monoisotopic (exact) mass is 341 g/mol. The van der Waals surface area contributed by atoms with E-state index in [1.165, 1.54) is 0 Å². The van der Waals surface area contributed by atoms with Gasteiger partial charge in [0.2, 0.25) is 0 Å². The van der Waals surface area contributed by atoms with Crippen molar-refractivity contribution in [2.45, 2.75) is 13.3 Å². The summed E-state index contributed by atoms with van der Waals surface area (Å²) in [6.07, 6.45) is 0.805. The lowest BCUT2D eigenvalue weighted by Gasteiger charge is -2.26. The zero-order valence-electron chi connectivity index (χ0n) is 15.3. The average molecular weight is 341 g/mol. The SMILES string of the molecule is COc1ccc(C2=NCCc3c(OC)c(C)c(OC)c(OC)c32)cc1. The van der Waals surface area contributed by atoms with E-state index in [0.717, 1.165) is 45.9 Å². The van der Waals surface area contributed by atoms with Gasteiger partial charge in [0.1, 0.15) is 11.5 Å². The van der Waals surface area contributed by atoms with Crippen LogP contribution in [0.3, 0.4) is 0 Å². The lowest BCUT2D eigenvalue weighted by molar-refractivity contribution is 0.343. The molecule has 1 aliphatic heterocycles. The molecule has 1 aliphatic rings. The topological polar surface area (TPSA) is 49.3 Å². The van der Waals surface area contributed by atoms with E-state index in [1.807, 2.05) is 31.2 Å². The highest BCUT2D eigenvalue weighted by Crippen LogP contribution is 2.46. The van der Waals surface area contributed by atoms with Crippen molar-refractivity contribution in [2.24, 2.45) is 4.99 Å². The third-order valence-corrected chi connectivity index (χ3v) is 4.53. The van der Waals surface area contributed by atoms with E-state index >= 15 is 0 Å². The summed E-state index contributed by atoms with van der Waals surface area (Å²) in [5.41, 5.74) is 4.89. The molecule has 0 saturated carbocycles. The quantitative estimate of drug-likeness (QED) is 0.836. The van der Waals surface area contributed by atoms with Crippen LogP contribution >= 0.6 is 0 Å². The number of hydrogen-bond acceptors (Lipinski definition) is 5. The number of methoxy groups -OCH3 is 4. The summed E-state index contributed by atoms with van der Waals surface area (Å²) in [7, 11) is 6.64. The van der Waals surface area contributed by atoms with Crippen LogP contribution in [0.1, 0.15) is 22.3 Å². The molecule has 132 valence electrons. The second-order valence-corrected chi connectivity index (χ2v) is 5.79. The maximum atomic E-state index is 5.73. The molecule has 0 radical (unpaired) electrons. The van der Waals surface area contributed by atoms with E-state index in [2.05, 4.69) is 0 Å². The average Bonchev–Trinajstić information content (AvgIpc) is 2.66. The van der Waals surface area contributed by atoms with E-state index in [9.17, 15) is 0 Å². The molecule has 5 nitrogen and oxygen atoms in total. The van der Waals surface area contributed by atoms with Crippen LogP contribution in [0.15, 0.2) is 29.3 Å². The summed E-state index contributed by atoms with van der Waals surface area (Å²) in [5.74, 6) is 3.03. The first-order valence-electron chi connectivity index (χ1n) is 8.16. The molecular formula is C20H23NO4. The van der Waals surface area contributed by atoms with E-state index < -0.39 is 0 Å². The molecule has 0 amide bonds. The fraction of sp³-hybridized carbons (Fsp3) is 0.350. The fourth-order valence-electron chi connectivity index (χ4n) is 3.41. The maximum absolute atomic E-state index is 5.73. The molecule has 0 fully saturated rings. The first-order chi connectivity index (χ1) is 12.2. The standard InChI is InChI=1S/C20H23NO4/c1-12-18(23-3)15-10-11-21-17(13-6-8-14(22-2)9-7-13)16(15)20(25-5)19(12)24-4/h6-9H,10-11H2,1-5H3. The molecular weight excluding hydrogens is 318 g/mol. The fourth-order valence-corrected chi connectivity index (χ4v) is 3.41. The molecule has 2 aromatic carbocycles. The molecule has 5 heteroatoms. The number of rotatable bonds is 5. The first kappa shape index (κ1) is 17.1. The number of fused-ring (bicyclic) bond motifs is 1. The van der Waals surface area contributed by atoms with Gasteiger partial charge in [0.15, 0.2) is 11.5 Å². The Morgan fingerprint density at radius 2 is 1.44 bits per heavy atom. The van der Waals surface area contributed by atoms with Gasteiger partial charge in [-0.3, -0.25) is 4.99 Å². The highest BCUT2D eigenvalue weighted by molar-refractivity contribution is 6.17. The van der Waals surface area contributed by atoms with Crippen LogP contribution in [0.2, 0.25) is 0 Å². The van der Waals surface area contributed by atoms with Crippen LogP contribution in [0.25, 0.3) is 0 Å². The van der Waals surface area contributed by atoms with E-state index in [1.54, 1.807) is 28.4 Å². The Bertz CT molecular complexity index is 810. The number of ether oxygens (including phenoxy) is 4. The lowest BCUT2D eigenvalue weighted by atomic mass is 9.89. The van der Waals surface area contributed by atoms with Crippen LogP contribution in [-0.4, -0.2) is 40.7 Å². The normalized spacial score (nSPS) is 12.9. The van der Waals surface area contributed by atoms with Gasteiger partial charge in [0.05, 0.1) is 39.7 Å². The van der Waals surface area contributed by atoms with Crippen molar-refractivity contribution in [1.29, 1.82) is 0 Å². The van der Waals surface area contributed by atoms with Gasteiger partial charge in [-0.05, 0) is 37.6 Å². The van der Waals surface area contributed by atoms with Crippen molar-refractivity contribution in [3.63, 3.8) is 0 Å². The van der Waals surface area contributed by atoms with Gasteiger partial charge in [0, 0.05) is 23.2 Å². The van der Waals surface area contributed by atoms with Crippen molar-refractivity contribution in [3.8, 4) is 23.0 Å². The van der Waals surface area contributed by atoms with E-state index in [-0.39, 0.29) is 0 Å². The summed E-state index contributed by atoms with van der Waals surface area (Å²) < 4.78 is 22.3. The van der Waals surface area contributed by atoms with Gasteiger partial charge in [0.25, 0.3) is 0 Å². The minimum Gasteiger partial charge on any atom is -0.497 e. The summed E-state index contributed by atoms with van der Waals surface area (Å²) in [6.45, 7) is 2.69. The van der Waals surface area contributed by atoms with Gasteiger partial charge < -0.3 is 18.9 Å². The Morgan fingerprint density at radius 3 is 2.00 bits per heavy atom. The summed E-state index contributed by atoms with van der Waals surface area (Å²) in [5, 5.41) is 0. The Hall–Kier alpha value is -2.69. The molecule has 0 saturated heterocycles. The minimum atomic E-state index is 0.682. The Balaban J connectivity index is 2.26. The Labute approximate surface area is 148 Å².